The van der Waals surface area contributed by atoms with Gasteiger partial charge in [-0.25, -0.2) is 0 Å². The molecule has 0 bridgehead atoms. The van der Waals surface area contributed by atoms with E-state index < -0.39 is 0 Å². The SMILES string of the molecule is CNCC1CCC1N1CCSC(C)(C)CC1. The van der Waals surface area contributed by atoms with Gasteiger partial charge in [-0.1, -0.05) is 13.8 Å². The van der Waals surface area contributed by atoms with Crippen molar-refractivity contribution in [2.75, 3.05) is 32.4 Å². The normalized spacial score (nSPS) is 35.4. The minimum Gasteiger partial charge on any atom is -0.319 e. The van der Waals surface area contributed by atoms with Gasteiger partial charge in [-0.3, -0.25) is 4.90 Å². The lowest BCUT2D eigenvalue weighted by atomic mass is 9.78. The Balaban J connectivity index is 1.85. The maximum atomic E-state index is 3.34. The Morgan fingerprint density at radius 3 is 2.75 bits per heavy atom. The lowest BCUT2D eigenvalue weighted by Gasteiger charge is -2.44. The molecule has 0 spiro atoms. The molecule has 1 saturated heterocycles. The fourth-order valence-electron chi connectivity index (χ4n) is 2.90. The second-order valence-electron chi connectivity index (χ2n) is 5.86. The van der Waals surface area contributed by atoms with Crippen LogP contribution in [0.15, 0.2) is 0 Å². The van der Waals surface area contributed by atoms with Gasteiger partial charge in [-0.2, -0.15) is 11.8 Å². The zero-order chi connectivity index (χ0) is 11.6. The molecule has 2 atom stereocenters. The van der Waals surface area contributed by atoms with Gasteiger partial charge in [-0.15, -0.1) is 0 Å². The number of nitrogens with one attached hydrogen (secondary N) is 1. The lowest BCUT2D eigenvalue weighted by Crippen LogP contribution is -2.51. The summed E-state index contributed by atoms with van der Waals surface area (Å²) >= 11 is 2.15. The molecule has 2 unspecified atom stereocenters. The van der Waals surface area contributed by atoms with Crippen molar-refractivity contribution in [2.45, 2.75) is 43.9 Å². The van der Waals surface area contributed by atoms with Gasteiger partial charge < -0.3 is 5.32 Å². The quantitative estimate of drug-likeness (QED) is 0.817. The van der Waals surface area contributed by atoms with Crippen molar-refractivity contribution >= 4 is 11.8 Å². The number of thioether (sulfide) groups is 1. The van der Waals surface area contributed by atoms with E-state index in [1.165, 1.54) is 44.6 Å². The summed E-state index contributed by atoms with van der Waals surface area (Å²) in [6.45, 7) is 8.61. The van der Waals surface area contributed by atoms with Crippen molar-refractivity contribution < 1.29 is 0 Å². The van der Waals surface area contributed by atoms with Crippen molar-refractivity contribution in [2.24, 2.45) is 5.92 Å². The van der Waals surface area contributed by atoms with Crippen LogP contribution < -0.4 is 5.32 Å². The van der Waals surface area contributed by atoms with Crippen LogP contribution in [0.3, 0.4) is 0 Å². The van der Waals surface area contributed by atoms with Gasteiger partial charge in [0.1, 0.15) is 0 Å². The van der Waals surface area contributed by atoms with Crippen molar-refractivity contribution in [3.8, 4) is 0 Å². The van der Waals surface area contributed by atoms with Crippen LogP contribution in [0.5, 0.6) is 0 Å². The largest absolute Gasteiger partial charge is 0.319 e. The summed E-state index contributed by atoms with van der Waals surface area (Å²) in [4.78, 5) is 2.76. The van der Waals surface area contributed by atoms with Crippen LogP contribution in [0.4, 0.5) is 0 Å². The van der Waals surface area contributed by atoms with E-state index in [0.717, 1.165) is 12.0 Å². The number of rotatable bonds is 3. The molecule has 2 fully saturated rings. The maximum Gasteiger partial charge on any atom is 0.0136 e. The monoisotopic (exact) mass is 242 g/mol. The maximum absolute atomic E-state index is 3.34. The summed E-state index contributed by atoms with van der Waals surface area (Å²) in [5.41, 5.74) is 0. The molecule has 2 nitrogen and oxygen atoms in total. The highest BCUT2D eigenvalue weighted by Gasteiger charge is 2.36. The van der Waals surface area contributed by atoms with Crippen LogP contribution in [0.25, 0.3) is 0 Å². The van der Waals surface area contributed by atoms with Crippen molar-refractivity contribution in [3.63, 3.8) is 0 Å². The first-order valence-corrected chi connectivity index (χ1v) is 7.63. The standard InChI is InChI=1S/C13H26N2S/c1-13(2)6-7-15(8-9-16-13)12-5-4-11(12)10-14-3/h11-12,14H,4-10H2,1-3H3. The van der Waals surface area contributed by atoms with Gasteiger partial charge in [0.25, 0.3) is 0 Å². The molecule has 1 heterocycles. The fourth-order valence-corrected chi connectivity index (χ4v) is 4.01. The Kier molecular flexibility index (Phi) is 4.20. The van der Waals surface area contributed by atoms with Crippen LogP contribution >= 0.6 is 11.8 Å². The Morgan fingerprint density at radius 1 is 1.31 bits per heavy atom. The summed E-state index contributed by atoms with van der Waals surface area (Å²) in [6.07, 6.45) is 4.20. The Hall–Kier alpha value is 0.270. The van der Waals surface area contributed by atoms with E-state index >= 15 is 0 Å². The second-order valence-corrected chi connectivity index (χ2v) is 7.66. The Labute approximate surface area is 105 Å². The number of nitrogens with zero attached hydrogens (tertiary/aromatic N) is 1. The summed E-state index contributed by atoms with van der Waals surface area (Å²) in [5, 5.41) is 3.34. The molecule has 0 radical (unpaired) electrons. The smallest absolute Gasteiger partial charge is 0.0136 e. The molecule has 0 aromatic carbocycles. The molecule has 1 aliphatic heterocycles. The van der Waals surface area contributed by atoms with Crippen molar-refractivity contribution in [3.05, 3.63) is 0 Å². The second kappa shape index (κ2) is 5.28. The molecule has 0 aromatic heterocycles. The summed E-state index contributed by atoms with van der Waals surface area (Å²) in [7, 11) is 2.08. The van der Waals surface area contributed by atoms with Gasteiger partial charge in [0, 0.05) is 23.1 Å². The van der Waals surface area contributed by atoms with Gasteiger partial charge in [0.15, 0.2) is 0 Å². The third kappa shape index (κ3) is 2.93. The molecule has 94 valence electrons. The number of hydrogen-bond acceptors (Lipinski definition) is 3. The Bertz CT molecular complexity index is 230. The van der Waals surface area contributed by atoms with E-state index in [2.05, 4.69) is 42.9 Å². The third-order valence-corrected chi connectivity index (χ3v) is 5.56. The van der Waals surface area contributed by atoms with E-state index in [4.69, 9.17) is 0 Å². The number of hydrogen-bond donors (Lipinski definition) is 1. The predicted octanol–water partition coefficient (Wildman–Crippen LogP) is 2.20. The highest BCUT2D eigenvalue weighted by atomic mass is 32.2. The first-order valence-electron chi connectivity index (χ1n) is 6.65. The molecule has 0 aromatic rings. The molecule has 0 amide bonds. The molecule has 1 N–H and O–H groups in total. The topological polar surface area (TPSA) is 15.3 Å². The molecule has 2 rings (SSSR count). The summed E-state index contributed by atoms with van der Waals surface area (Å²) < 4.78 is 0.497. The van der Waals surface area contributed by atoms with Crippen LogP contribution in [0.2, 0.25) is 0 Å². The first kappa shape index (κ1) is 12.7. The van der Waals surface area contributed by atoms with E-state index in [1.54, 1.807) is 0 Å². The van der Waals surface area contributed by atoms with Gasteiger partial charge >= 0.3 is 0 Å². The average Bonchev–Trinajstić information content (AvgIpc) is 2.36. The molecule has 1 saturated carbocycles. The van der Waals surface area contributed by atoms with Crippen LogP contribution in [0.1, 0.15) is 33.1 Å². The fraction of sp³-hybridized carbons (Fsp3) is 1.00. The molecule has 3 heteroatoms. The van der Waals surface area contributed by atoms with Crippen molar-refractivity contribution in [1.29, 1.82) is 0 Å². The first-order chi connectivity index (χ1) is 7.62. The molecule has 1 aliphatic carbocycles. The lowest BCUT2D eigenvalue weighted by molar-refractivity contribution is 0.0672. The van der Waals surface area contributed by atoms with Crippen LogP contribution in [-0.2, 0) is 0 Å². The third-order valence-electron chi connectivity index (χ3n) is 4.19. The van der Waals surface area contributed by atoms with Gasteiger partial charge in [0.2, 0.25) is 0 Å². The van der Waals surface area contributed by atoms with Gasteiger partial charge in [0.05, 0.1) is 0 Å². The van der Waals surface area contributed by atoms with E-state index in [0.29, 0.717) is 4.75 Å². The zero-order valence-electron chi connectivity index (χ0n) is 11.0. The van der Waals surface area contributed by atoms with Crippen LogP contribution in [-0.4, -0.2) is 48.1 Å². The molecular weight excluding hydrogens is 216 g/mol. The summed E-state index contributed by atoms with van der Waals surface area (Å²) in [5.74, 6) is 2.23. The average molecular weight is 242 g/mol. The molecular formula is C13H26N2S. The zero-order valence-corrected chi connectivity index (χ0v) is 11.8. The predicted molar refractivity (Wildman–Crippen MR) is 73.2 cm³/mol. The van der Waals surface area contributed by atoms with E-state index in [1.807, 2.05) is 0 Å². The Morgan fingerprint density at radius 2 is 2.12 bits per heavy atom. The molecule has 16 heavy (non-hydrogen) atoms. The highest BCUT2D eigenvalue weighted by Crippen LogP contribution is 2.36. The van der Waals surface area contributed by atoms with E-state index in [9.17, 15) is 0 Å². The molecule has 2 aliphatic rings. The van der Waals surface area contributed by atoms with Gasteiger partial charge in [-0.05, 0) is 45.3 Å². The van der Waals surface area contributed by atoms with E-state index in [-0.39, 0.29) is 0 Å². The summed E-state index contributed by atoms with van der Waals surface area (Å²) in [6, 6.07) is 0.877. The van der Waals surface area contributed by atoms with Crippen molar-refractivity contribution in [1.82, 2.24) is 10.2 Å². The minimum absolute atomic E-state index is 0.497. The minimum atomic E-state index is 0.497. The van der Waals surface area contributed by atoms with Crippen LogP contribution in [0, 0.1) is 5.92 Å². The highest BCUT2D eigenvalue weighted by molar-refractivity contribution is 8.00.